The summed E-state index contributed by atoms with van der Waals surface area (Å²) in [5.74, 6) is 5.18. The van der Waals surface area contributed by atoms with Gasteiger partial charge in [-0.15, -0.1) is 0 Å². The first-order valence-electron chi connectivity index (χ1n) is 4.57. The van der Waals surface area contributed by atoms with E-state index in [1.165, 1.54) is 0 Å². The third-order valence-electron chi connectivity index (χ3n) is 1.48. The number of rotatable bonds is 5. The summed E-state index contributed by atoms with van der Waals surface area (Å²) in [6.07, 6.45) is 0.264. The smallest absolute Gasteiger partial charge is 0.328 e. The second-order valence-corrected chi connectivity index (χ2v) is 3.35. The van der Waals surface area contributed by atoms with Crippen LogP contribution in [0.1, 0.15) is 20.3 Å². The molecule has 0 heterocycles. The molecule has 82 valence electrons. The number of hydrazine groups is 1. The molecule has 0 fully saturated rings. The Morgan fingerprint density at radius 1 is 1.29 bits per heavy atom. The lowest BCUT2D eigenvalue weighted by atomic mass is 10.2. The van der Waals surface area contributed by atoms with Gasteiger partial charge in [0.2, 0.25) is 5.91 Å². The van der Waals surface area contributed by atoms with E-state index in [9.17, 15) is 9.59 Å². The first-order valence-corrected chi connectivity index (χ1v) is 4.57. The van der Waals surface area contributed by atoms with Crippen molar-refractivity contribution in [1.29, 1.82) is 0 Å². The van der Waals surface area contributed by atoms with Gasteiger partial charge in [0.25, 0.3) is 0 Å². The summed E-state index contributed by atoms with van der Waals surface area (Å²) in [6, 6.07) is -0.485. The fourth-order valence-corrected chi connectivity index (χ4v) is 0.747. The summed E-state index contributed by atoms with van der Waals surface area (Å²) < 4.78 is 0. The molecule has 3 amide bonds. The highest BCUT2D eigenvalue weighted by molar-refractivity contribution is 5.77. The van der Waals surface area contributed by atoms with Gasteiger partial charge >= 0.3 is 6.03 Å². The van der Waals surface area contributed by atoms with E-state index in [-0.39, 0.29) is 18.9 Å². The van der Waals surface area contributed by atoms with Crippen LogP contribution in [0.15, 0.2) is 0 Å². The molecule has 0 atom stereocenters. The Balaban J connectivity index is 3.40. The maximum Gasteiger partial charge on any atom is 0.328 e. The van der Waals surface area contributed by atoms with Gasteiger partial charge < -0.3 is 10.6 Å². The molecule has 0 aliphatic rings. The topological polar surface area (TPSA) is 96.2 Å². The molecule has 14 heavy (non-hydrogen) atoms. The molecule has 0 spiro atoms. The minimum atomic E-state index is -0.485. The van der Waals surface area contributed by atoms with Crippen LogP contribution in [0.5, 0.6) is 0 Å². The van der Waals surface area contributed by atoms with Crippen LogP contribution < -0.4 is 21.9 Å². The van der Waals surface area contributed by atoms with Crippen LogP contribution in [0.4, 0.5) is 4.79 Å². The second kappa shape index (κ2) is 7.14. The van der Waals surface area contributed by atoms with Gasteiger partial charge in [-0.1, -0.05) is 13.8 Å². The van der Waals surface area contributed by atoms with Crippen molar-refractivity contribution in [2.24, 2.45) is 11.8 Å². The van der Waals surface area contributed by atoms with E-state index in [4.69, 9.17) is 5.84 Å². The van der Waals surface area contributed by atoms with E-state index in [1.807, 2.05) is 19.3 Å². The van der Waals surface area contributed by atoms with Crippen LogP contribution in [-0.4, -0.2) is 25.0 Å². The monoisotopic (exact) mass is 202 g/mol. The molecule has 0 aliphatic carbocycles. The van der Waals surface area contributed by atoms with Gasteiger partial charge in [0.15, 0.2) is 0 Å². The lowest BCUT2D eigenvalue weighted by Crippen LogP contribution is -2.41. The molecule has 6 heteroatoms. The molecule has 0 aromatic rings. The van der Waals surface area contributed by atoms with E-state index in [0.717, 1.165) is 0 Å². The average molecular weight is 202 g/mol. The molecule has 5 N–H and O–H groups in total. The maximum absolute atomic E-state index is 11.1. The lowest BCUT2D eigenvalue weighted by molar-refractivity contribution is -0.121. The van der Waals surface area contributed by atoms with Crippen LogP contribution in [-0.2, 0) is 4.79 Å². The highest BCUT2D eigenvalue weighted by Gasteiger charge is 2.02. The van der Waals surface area contributed by atoms with Crippen LogP contribution in [0.3, 0.4) is 0 Å². The molecule has 0 bridgehead atoms. The Labute approximate surface area is 83.6 Å². The summed E-state index contributed by atoms with van der Waals surface area (Å²) in [4.78, 5) is 21.7. The summed E-state index contributed by atoms with van der Waals surface area (Å²) >= 11 is 0. The van der Waals surface area contributed by atoms with E-state index in [2.05, 4.69) is 10.6 Å². The number of nitrogens with two attached hydrogens (primary N) is 1. The van der Waals surface area contributed by atoms with Crippen LogP contribution in [0, 0.1) is 5.92 Å². The molecule has 0 radical (unpaired) electrons. The van der Waals surface area contributed by atoms with Crippen molar-refractivity contribution in [2.45, 2.75) is 20.3 Å². The van der Waals surface area contributed by atoms with E-state index in [1.54, 1.807) is 0 Å². The standard InChI is InChI=1S/C8H18N4O2/c1-6(2)5-11-7(13)3-4-10-8(14)12-9/h6H,3-5,9H2,1-2H3,(H,11,13)(H2,10,12,14). The molecule has 6 nitrogen and oxygen atoms in total. The van der Waals surface area contributed by atoms with Gasteiger partial charge in [-0.05, 0) is 5.92 Å². The van der Waals surface area contributed by atoms with Gasteiger partial charge in [-0.2, -0.15) is 0 Å². The molecule has 0 saturated carbocycles. The van der Waals surface area contributed by atoms with Gasteiger partial charge in [0, 0.05) is 19.5 Å². The zero-order valence-electron chi connectivity index (χ0n) is 8.59. The van der Waals surface area contributed by atoms with Crippen molar-refractivity contribution in [1.82, 2.24) is 16.1 Å². The number of nitrogens with one attached hydrogen (secondary N) is 3. The predicted molar refractivity (Wildman–Crippen MR) is 53.2 cm³/mol. The summed E-state index contributed by atoms with van der Waals surface area (Å²) in [5, 5.41) is 5.15. The molecule has 0 aliphatic heterocycles. The largest absolute Gasteiger partial charge is 0.356 e. The van der Waals surface area contributed by atoms with Crippen LogP contribution in [0.25, 0.3) is 0 Å². The zero-order valence-corrected chi connectivity index (χ0v) is 8.59. The first kappa shape index (κ1) is 12.7. The highest BCUT2D eigenvalue weighted by Crippen LogP contribution is 1.87. The van der Waals surface area contributed by atoms with Crippen molar-refractivity contribution in [3.63, 3.8) is 0 Å². The van der Waals surface area contributed by atoms with Gasteiger partial charge in [-0.25, -0.2) is 10.6 Å². The fraction of sp³-hybridized carbons (Fsp3) is 0.750. The summed E-state index contributed by atoms with van der Waals surface area (Å²) in [7, 11) is 0. The minimum Gasteiger partial charge on any atom is -0.356 e. The predicted octanol–water partition coefficient (Wildman–Crippen LogP) is -0.678. The summed E-state index contributed by atoms with van der Waals surface area (Å²) in [5.41, 5.74) is 1.91. The first-order chi connectivity index (χ1) is 6.56. The van der Waals surface area contributed by atoms with Gasteiger partial charge in [0.05, 0.1) is 0 Å². The van der Waals surface area contributed by atoms with Gasteiger partial charge in [0.1, 0.15) is 0 Å². The lowest BCUT2D eigenvalue weighted by Gasteiger charge is -2.07. The van der Waals surface area contributed by atoms with Crippen LogP contribution >= 0.6 is 0 Å². The molecular formula is C8H18N4O2. The van der Waals surface area contributed by atoms with Crippen molar-refractivity contribution >= 4 is 11.9 Å². The normalized spacial score (nSPS) is 9.71. The van der Waals surface area contributed by atoms with E-state index >= 15 is 0 Å². The Morgan fingerprint density at radius 2 is 1.93 bits per heavy atom. The minimum absolute atomic E-state index is 0.0731. The number of amides is 3. The number of urea groups is 1. The van der Waals surface area contributed by atoms with Crippen LogP contribution in [0.2, 0.25) is 0 Å². The number of hydrogen-bond acceptors (Lipinski definition) is 3. The van der Waals surface area contributed by atoms with Crippen molar-refractivity contribution < 1.29 is 9.59 Å². The Hall–Kier alpha value is -1.30. The Morgan fingerprint density at radius 3 is 2.43 bits per heavy atom. The highest BCUT2D eigenvalue weighted by atomic mass is 16.2. The molecule has 0 saturated heterocycles. The molecule has 0 aromatic heterocycles. The quantitative estimate of drug-likeness (QED) is 0.270. The second-order valence-electron chi connectivity index (χ2n) is 3.35. The third-order valence-corrected chi connectivity index (χ3v) is 1.48. The summed E-state index contributed by atoms with van der Waals surface area (Å²) in [6.45, 7) is 4.97. The molecule has 0 unspecified atom stereocenters. The van der Waals surface area contributed by atoms with Crippen molar-refractivity contribution in [3.8, 4) is 0 Å². The SMILES string of the molecule is CC(C)CNC(=O)CCNC(=O)NN. The Bertz CT molecular complexity index is 194. The molecule has 0 aromatic carbocycles. The fourth-order valence-electron chi connectivity index (χ4n) is 0.747. The zero-order chi connectivity index (χ0) is 11.0. The average Bonchev–Trinajstić information content (AvgIpc) is 2.14. The third kappa shape index (κ3) is 7.35. The Kier molecular flexibility index (Phi) is 6.47. The number of carbonyl (C=O) groups excluding carboxylic acids is 2. The van der Waals surface area contributed by atoms with Crippen molar-refractivity contribution in [3.05, 3.63) is 0 Å². The van der Waals surface area contributed by atoms with E-state index < -0.39 is 6.03 Å². The van der Waals surface area contributed by atoms with E-state index in [0.29, 0.717) is 12.5 Å². The number of carbonyl (C=O) groups is 2. The van der Waals surface area contributed by atoms with Crippen molar-refractivity contribution in [2.75, 3.05) is 13.1 Å². The molecular weight excluding hydrogens is 184 g/mol. The molecule has 0 rings (SSSR count). The van der Waals surface area contributed by atoms with Gasteiger partial charge in [-0.3, -0.25) is 10.2 Å². The maximum atomic E-state index is 11.1. The number of hydrogen-bond donors (Lipinski definition) is 4.